The third kappa shape index (κ3) is 27.5. The zero-order valence-corrected chi connectivity index (χ0v) is 28.8. The first-order valence-corrected chi connectivity index (χ1v) is 19.0. The number of unbranched alkanes of at least 4 members (excludes halogenated alkanes) is 25. The quantitative estimate of drug-likeness (QED) is 0.0558. The molecule has 0 aromatic heterocycles. The predicted octanol–water partition coefficient (Wildman–Crippen LogP) is 11.8. The smallest absolute Gasteiger partial charge is 0.224 e. The summed E-state index contributed by atoms with van der Waals surface area (Å²) in [5.74, 6) is 0.466. The fraction of sp³-hybridized carbons (Fsp3) is 0.795. The number of hydrogen-bond donors (Lipinski definition) is 3. The summed E-state index contributed by atoms with van der Waals surface area (Å²) in [5.41, 5.74) is 0.727. The molecule has 5 heteroatoms. The van der Waals surface area contributed by atoms with Gasteiger partial charge in [-0.2, -0.15) is 0 Å². The van der Waals surface area contributed by atoms with E-state index in [1.165, 1.54) is 148 Å². The van der Waals surface area contributed by atoms with Crippen molar-refractivity contribution < 1.29 is 14.7 Å². The molecule has 0 aliphatic rings. The minimum atomic E-state index is 0.0353. The molecule has 1 rings (SSSR count). The van der Waals surface area contributed by atoms with Crippen LogP contribution in [0.4, 0.5) is 5.69 Å². The second kappa shape index (κ2) is 31.0. The van der Waals surface area contributed by atoms with Gasteiger partial charge in [0.25, 0.3) is 0 Å². The van der Waals surface area contributed by atoms with Crippen LogP contribution in [0.15, 0.2) is 24.3 Å². The standard InChI is InChI=1S/C39H70N2O3/c1-2-3-4-5-6-7-8-9-10-11-12-13-14-15-16-17-20-23-26-29-38(43)40-35-28-25-22-19-18-21-24-27-30-39(44)41-36-31-33-37(42)34-32-36/h31-34,42H,2-30,35H2,1H3,(H,40,43)(H,41,44). The van der Waals surface area contributed by atoms with E-state index in [1.54, 1.807) is 24.3 Å². The predicted molar refractivity (Wildman–Crippen MR) is 189 cm³/mol. The normalized spacial score (nSPS) is 11.1. The molecule has 0 aliphatic carbocycles. The minimum absolute atomic E-state index is 0.0353. The number of aromatic hydroxyl groups is 1. The number of amides is 2. The Morgan fingerprint density at radius 1 is 0.477 bits per heavy atom. The van der Waals surface area contributed by atoms with Crippen LogP contribution in [0, 0.1) is 0 Å². The molecule has 44 heavy (non-hydrogen) atoms. The van der Waals surface area contributed by atoms with E-state index in [4.69, 9.17) is 0 Å². The first-order chi connectivity index (χ1) is 21.6. The van der Waals surface area contributed by atoms with Crippen LogP contribution in [0.1, 0.15) is 193 Å². The van der Waals surface area contributed by atoms with Crippen molar-refractivity contribution in [1.29, 1.82) is 0 Å². The number of carbonyl (C=O) groups is 2. The van der Waals surface area contributed by atoms with Crippen molar-refractivity contribution in [3.05, 3.63) is 24.3 Å². The van der Waals surface area contributed by atoms with Gasteiger partial charge in [0.1, 0.15) is 5.75 Å². The Morgan fingerprint density at radius 2 is 0.818 bits per heavy atom. The average molecular weight is 615 g/mol. The molecule has 0 heterocycles. The van der Waals surface area contributed by atoms with Crippen LogP contribution in [-0.2, 0) is 9.59 Å². The van der Waals surface area contributed by atoms with Crippen molar-refractivity contribution in [2.45, 2.75) is 193 Å². The molecule has 5 nitrogen and oxygen atoms in total. The first-order valence-electron chi connectivity index (χ1n) is 19.0. The van der Waals surface area contributed by atoms with E-state index in [1.807, 2.05) is 0 Å². The van der Waals surface area contributed by atoms with Crippen molar-refractivity contribution in [3.8, 4) is 5.75 Å². The topological polar surface area (TPSA) is 78.4 Å². The number of benzene rings is 1. The van der Waals surface area contributed by atoms with Crippen molar-refractivity contribution in [1.82, 2.24) is 5.32 Å². The van der Waals surface area contributed by atoms with Crippen LogP contribution in [0.2, 0.25) is 0 Å². The van der Waals surface area contributed by atoms with Crippen LogP contribution >= 0.6 is 0 Å². The Labute approximate surface area is 272 Å². The van der Waals surface area contributed by atoms with Gasteiger partial charge in [-0.1, -0.05) is 161 Å². The van der Waals surface area contributed by atoms with Gasteiger partial charge in [-0.3, -0.25) is 9.59 Å². The summed E-state index contributed by atoms with van der Waals surface area (Å²) >= 11 is 0. The van der Waals surface area contributed by atoms with Crippen LogP contribution in [0.3, 0.4) is 0 Å². The number of phenolic OH excluding ortho intramolecular Hbond substituents is 1. The average Bonchev–Trinajstić information content (AvgIpc) is 3.02. The molecule has 0 atom stereocenters. The van der Waals surface area contributed by atoms with Crippen molar-refractivity contribution in [2.24, 2.45) is 0 Å². The number of hydrogen-bond acceptors (Lipinski definition) is 3. The summed E-state index contributed by atoms with van der Waals surface area (Å²) in [6.07, 6.45) is 36.5. The molecule has 254 valence electrons. The molecular weight excluding hydrogens is 544 g/mol. The lowest BCUT2D eigenvalue weighted by atomic mass is 10.0. The maximum atomic E-state index is 12.1. The Morgan fingerprint density at radius 3 is 1.23 bits per heavy atom. The Hall–Kier alpha value is -2.04. The molecule has 1 aromatic carbocycles. The van der Waals surface area contributed by atoms with Gasteiger partial charge in [0.15, 0.2) is 0 Å². The SMILES string of the molecule is CCCCCCCCCCCCCCCCCCCCCC(=O)NCCCCCCCCCCC(=O)Nc1ccc(O)cc1. The number of phenols is 1. The lowest BCUT2D eigenvalue weighted by Gasteiger charge is -2.06. The Balaban J connectivity index is 1.72. The zero-order valence-electron chi connectivity index (χ0n) is 28.8. The van der Waals surface area contributed by atoms with Crippen molar-refractivity contribution in [3.63, 3.8) is 0 Å². The van der Waals surface area contributed by atoms with Crippen molar-refractivity contribution in [2.75, 3.05) is 11.9 Å². The van der Waals surface area contributed by atoms with Crippen LogP contribution in [-0.4, -0.2) is 23.5 Å². The second-order valence-electron chi connectivity index (χ2n) is 13.1. The molecule has 1 aromatic rings. The van der Waals surface area contributed by atoms with Crippen LogP contribution in [0.25, 0.3) is 0 Å². The highest BCUT2D eigenvalue weighted by atomic mass is 16.3. The molecule has 0 fully saturated rings. The van der Waals surface area contributed by atoms with Crippen LogP contribution < -0.4 is 10.6 Å². The van der Waals surface area contributed by atoms with E-state index >= 15 is 0 Å². The summed E-state index contributed by atoms with van der Waals surface area (Å²) in [5, 5.41) is 15.3. The third-order valence-corrected chi connectivity index (χ3v) is 8.81. The van der Waals surface area contributed by atoms with Gasteiger partial charge in [0.2, 0.25) is 11.8 Å². The third-order valence-electron chi connectivity index (χ3n) is 8.81. The molecule has 0 unspecified atom stereocenters. The fourth-order valence-electron chi connectivity index (χ4n) is 5.92. The van der Waals surface area contributed by atoms with E-state index in [9.17, 15) is 14.7 Å². The fourth-order valence-corrected chi connectivity index (χ4v) is 5.92. The molecule has 2 amide bonds. The Bertz CT molecular complexity index is 780. The number of carbonyl (C=O) groups excluding carboxylic acids is 2. The van der Waals surface area contributed by atoms with Gasteiger partial charge in [0, 0.05) is 25.1 Å². The van der Waals surface area contributed by atoms with Crippen molar-refractivity contribution >= 4 is 17.5 Å². The second-order valence-corrected chi connectivity index (χ2v) is 13.1. The number of rotatable bonds is 32. The molecule has 3 N–H and O–H groups in total. The monoisotopic (exact) mass is 615 g/mol. The maximum Gasteiger partial charge on any atom is 0.224 e. The lowest BCUT2D eigenvalue weighted by molar-refractivity contribution is -0.121. The molecule has 0 saturated carbocycles. The van der Waals surface area contributed by atoms with Gasteiger partial charge < -0.3 is 15.7 Å². The minimum Gasteiger partial charge on any atom is -0.508 e. The number of anilines is 1. The summed E-state index contributed by atoms with van der Waals surface area (Å²) in [4.78, 5) is 24.1. The molecule has 0 aliphatic heterocycles. The summed E-state index contributed by atoms with van der Waals surface area (Å²) in [7, 11) is 0. The zero-order chi connectivity index (χ0) is 31.8. The molecule has 0 radical (unpaired) electrons. The largest absolute Gasteiger partial charge is 0.508 e. The first kappa shape index (κ1) is 40.0. The van der Waals surface area contributed by atoms with Crippen LogP contribution in [0.5, 0.6) is 5.75 Å². The van der Waals surface area contributed by atoms with E-state index in [2.05, 4.69) is 17.6 Å². The molecular formula is C39H70N2O3. The van der Waals surface area contributed by atoms with E-state index < -0.39 is 0 Å². The maximum absolute atomic E-state index is 12.1. The van der Waals surface area contributed by atoms with Gasteiger partial charge in [0.05, 0.1) is 0 Å². The van der Waals surface area contributed by atoms with E-state index in [-0.39, 0.29) is 17.6 Å². The number of nitrogens with one attached hydrogen (secondary N) is 2. The molecule has 0 bridgehead atoms. The highest BCUT2D eigenvalue weighted by Gasteiger charge is 2.03. The highest BCUT2D eigenvalue weighted by Crippen LogP contribution is 2.16. The molecule has 0 spiro atoms. The van der Waals surface area contributed by atoms with E-state index in [0.29, 0.717) is 12.8 Å². The van der Waals surface area contributed by atoms with Gasteiger partial charge >= 0.3 is 0 Å². The van der Waals surface area contributed by atoms with Gasteiger partial charge in [-0.05, 0) is 43.5 Å². The summed E-state index contributed by atoms with van der Waals surface area (Å²) in [6, 6.07) is 6.57. The Kier molecular flexibility index (Phi) is 28.1. The van der Waals surface area contributed by atoms with Gasteiger partial charge in [-0.25, -0.2) is 0 Å². The summed E-state index contributed by atoms with van der Waals surface area (Å²) in [6.45, 7) is 3.10. The van der Waals surface area contributed by atoms with E-state index in [0.717, 1.165) is 37.9 Å². The lowest BCUT2D eigenvalue weighted by Crippen LogP contribution is -2.23. The highest BCUT2D eigenvalue weighted by molar-refractivity contribution is 5.90. The summed E-state index contributed by atoms with van der Waals surface area (Å²) < 4.78 is 0. The van der Waals surface area contributed by atoms with Gasteiger partial charge in [-0.15, -0.1) is 0 Å². The molecule has 0 saturated heterocycles.